The number of nitrogens with two attached hydrogens (primary N) is 1. The molecule has 28 heavy (non-hydrogen) atoms. The molecule has 0 saturated heterocycles. The summed E-state index contributed by atoms with van der Waals surface area (Å²) in [6.07, 6.45) is 3.33. The zero-order valence-electron chi connectivity index (χ0n) is 14.3. The second-order valence-corrected chi connectivity index (χ2v) is 6.57. The third kappa shape index (κ3) is 3.19. The van der Waals surface area contributed by atoms with E-state index in [2.05, 4.69) is 15.3 Å². The van der Waals surface area contributed by atoms with Gasteiger partial charge in [0.05, 0.1) is 11.1 Å². The number of aromatic nitrogens is 2. The lowest BCUT2D eigenvalue weighted by Crippen LogP contribution is -2.11. The minimum Gasteiger partial charge on any atom is -0.478 e. The van der Waals surface area contributed by atoms with Crippen LogP contribution in [0.2, 0.25) is 5.02 Å². The fourth-order valence-corrected chi connectivity index (χ4v) is 3.25. The first-order valence-corrected chi connectivity index (χ1v) is 8.58. The molecule has 0 aliphatic heterocycles. The van der Waals surface area contributed by atoms with E-state index in [1.54, 1.807) is 36.7 Å². The van der Waals surface area contributed by atoms with E-state index in [4.69, 9.17) is 17.3 Å². The first kappa shape index (κ1) is 17.7. The van der Waals surface area contributed by atoms with Crippen molar-refractivity contribution in [3.05, 3.63) is 71.0 Å². The average molecular weight is 393 g/mol. The number of benzene rings is 2. The van der Waals surface area contributed by atoms with Crippen molar-refractivity contribution in [2.24, 2.45) is 5.73 Å². The smallest absolute Gasteiger partial charge is 0.335 e. The highest BCUT2D eigenvalue weighted by molar-refractivity contribution is 6.31. The Hall–Kier alpha value is -3.71. The third-order valence-electron chi connectivity index (χ3n) is 4.29. The molecule has 7 nitrogen and oxygen atoms in total. The highest BCUT2D eigenvalue weighted by Gasteiger charge is 2.12. The number of anilines is 2. The second-order valence-electron chi connectivity index (χ2n) is 6.14. The van der Waals surface area contributed by atoms with Gasteiger partial charge in [-0.05, 0) is 36.4 Å². The number of nitrogens with one attached hydrogen (secondary N) is 1. The van der Waals surface area contributed by atoms with Crippen LogP contribution in [0.4, 0.5) is 11.5 Å². The van der Waals surface area contributed by atoms with Crippen molar-refractivity contribution < 1.29 is 14.7 Å². The van der Waals surface area contributed by atoms with Gasteiger partial charge in [-0.2, -0.15) is 0 Å². The molecule has 0 unspecified atom stereocenters. The Kier molecular flexibility index (Phi) is 4.29. The number of primary amides is 1. The topological polar surface area (TPSA) is 118 Å². The maximum atomic E-state index is 11.5. The van der Waals surface area contributed by atoms with Crippen molar-refractivity contribution in [3.8, 4) is 0 Å². The van der Waals surface area contributed by atoms with Crippen LogP contribution in [0.3, 0.4) is 0 Å². The largest absolute Gasteiger partial charge is 0.478 e. The van der Waals surface area contributed by atoms with Gasteiger partial charge in [-0.15, -0.1) is 0 Å². The van der Waals surface area contributed by atoms with E-state index in [-0.39, 0.29) is 11.1 Å². The van der Waals surface area contributed by atoms with Crippen LogP contribution in [0.1, 0.15) is 20.7 Å². The highest BCUT2D eigenvalue weighted by atomic mass is 35.5. The van der Waals surface area contributed by atoms with Crippen LogP contribution in [-0.2, 0) is 0 Å². The van der Waals surface area contributed by atoms with Gasteiger partial charge in [0.25, 0.3) is 0 Å². The molecule has 0 atom stereocenters. The fraction of sp³-hybridized carbons (Fsp3) is 0. The van der Waals surface area contributed by atoms with Crippen LogP contribution in [0.25, 0.3) is 21.7 Å². The van der Waals surface area contributed by atoms with Crippen molar-refractivity contribution in [1.29, 1.82) is 0 Å². The summed E-state index contributed by atoms with van der Waals surface area (Å²) < 4.78 is 0. The summed E-state index contributed by atoms with van der Waals surface area (Å²) in [5.74, 6) is -1.16. The molecule has 2 aromatic heterocycles. The number of carbonyl (C=O) groups is 2. The number of nitrogens with zero attached hydrogens (tertiary/aromatic N) is 2. The summed E-state index contributed by atoms with van der Waals surface area (Å²) in [6.45, 7) is 0. The Morgan fingerprint density at radius 2 is 1.82 bits per heavy atom. The van der Waals surface area contributed by atoms with E-state index in [0.29, 0.717) is 22.0 Å². The van der Waals surface area contributed by atoms with E-state index in [9.17, 15) is 14.7 Å². The number of fused-ring (bicyclic) bond motifs is 3. The molecule has 0 bridgehead atoms. The van der Waals surface area contributed by atoms with Gasteiger partial charge in [0, 0.05) is 44.8 Å². The van der Waals surface area contributed by atoms with Crippen molar-refractivity contribution >= 4 is 56.7 Å². The lowest BCUT2D eigenvalue weighted by Gasteiger charge is -2.13. The Morgan fingerprint density at radius 3 is 2.57 bits per heavy atom. The minimum absolute atomic E-state index is 0.132. The number of halogens is 1. The van der Waals surface area contributed by atoms with Crippen molar-refractivity contribution in [2.45, 2.75) is 0 Å². The van der Waals surface area contributed by atoms with E-state index in [1.807, 2.05) is 0 Å². The number of hydrogen-bond donors (Lipinski definition) is 3. The van der Waals surface area contributed by atoms with Crippen LogP contribution in [0.15, 0.2) is 54.9 Å². The molecule has 0 saturated carbocycles. The lowest BCUT2D eigenvalue weighted by atomic mass is 10.1. The molecular weight excluding hydrogens is 380 g/mol. The molecule has 2 heterocycles. The van der Waals surface area contributed by atoms with Gasteiger partial charge in [0.2, 0.25) is 5.91 Å². The Bertz CT molecular complexity index is 1270. The van der Waals surface area contributed by atoms with Crippen LogP contribution >= 0.6 is 11.6 Å². The number of hydrogen-bond acceptors (Lipinski definition) is 5. The molecule has 0 aliphatic carbocycles. The molecule has 4 aromatic rings. The van der Waals surface area contributed by atoms with Gasteiger partial charge in [0.15, 0.2) is 0 Å². The van der Waals surface area contributed by atoms with Crippen LogP contribution < -0.4 is 11.1 Å². The Labute approximate surface area is 163 Å². The van der Waals surface area contributed by atoms with Crippen molar-refractivity contribution in [1.82, 2.24) is 9.97 Å². The maximum Gasteiger partial charge on any atom is 0.335 e. The number of rotatable bonds is 4. The molecule has 2 aromatic carbocycles. The van der Waals surface area contributed by atoms with Crippen LogP contribution in [0, 0.1) is 0 Å². The van der Waals surface area contributed by atoms with Gasteiger partial charge >= 0.3 is 5.97 Å². The van der Waals surface area contributed by atoms with E-state index < -0.39 is 11.9 Å². The van der Waals surface area contributed by atoms with Crippen LogP contribution in [-0.4, -0.2) is 27.0 Å². The van der Waals surface area contributed by atoms with E-state index in [1.165, 1.54) is 18.2 Å². The maximum absolute atomic E-state index is 11.5. The summed E-state index contributed by atoms with van der Waals surface area (Å²) >= 11 is 6.09. The Balaban J connectivity index is 1.92. The minimum atomic E-state index is -1.04. The molecule has 8 heteroatoms. The quantitative estimate of drug-likeness (QED) is 0.452. The monoisotopic (exact) mass is 392 g/mol. The molecule has 138 valence electrons. The normalized spacial score (nSPS) is 10.9. The summed E-state index contributed by atoms with van der Waals surface area (Å²) in [4.78, 5) is 31.6. The molecule has 1 amide bonds. The molecular formula is C20H13ClN4O3. The van der Waals surface area contributed by atoms with Crippen molar-refractivity contribution in [3.63, 3.8) is 0 Å². The predicted molar refractivity (Wildman–Crippen MR) is 107 cm³/mol. The first-order chi connectivity index (χ1) is 13.4. The van der Waals surface area contributed by atoms with Gasteiger partial charge in [-0.1, -0.05) is 17.7 Å². The molecule has 0 aliphatic rings. The Morgan fingerprint density at radius 1 is 1.00 bits per heavy atom. The van der Waals surface area contributed by atoms with E-state index in [0.717, 1.165) is 16.2 Å². The number of carboxylic acids is 1. The van der Waals surface area contributed by atoms with Crippen LogP contribution in [0.5, 0.6) is 0 Å². The number of carboxylic acid groups (broad SMARTS) is 1. The zero-order valence-corrected chi connectivity index (χ0v) is 15.1. The predicted octanol–water partition coefficient (Wildman–Crippen LogP) is 3.98. The summed E-state index contributed by atoms with van der Waals surface area (Å²) in [7, 11) is 0. The molecule has 0 fully saturated rings. The number of carbonyl (C=O) groups excluding carboxylic acids is 1. The van der Waals surface area contributed by atoms with Gasteiger partial charge in [0.1, 0.15) is 5.82 Å². The number of aromatic carboxylic acids is 1. The standard InChI is InChI=1S/C20H13ClN4O3/c21-12-5-11(18(22)26)6-13(8-12)24-19-15-3-4-23-9-16(15)14-2-1-10(20(27)28)7-17(14)25-19/h1-9H,(H2,22,26)(H,24,25)(H,27,28). The summed E-state index contributed by atoms with van der Waals surface area (Å²) in [6, 6.07) is 11.2. The number of pyridine rings is 2. The highest BCUT2D eigenvalue weighted by Crippen LogP contribution is 2.31. The van der Waals surface area contributed by atoms with Gasteiger partial charge in [-0.25, -0.2) is 9.78 Å². The van der Waals surface area contributed by atoms with Gasteiger partial charge < -0.3 is 16.2 Å². The number of amides is 1. The van der Waals surface area contributed by atoms with Crippen molar-refractivity contribution in [2.75, 3.05) is 5.32 Å². The zero-order chi connectivity index (χ0) is 19.8. The lowest BCUT2D eigenvalue weighted by molar-refractivity contribution is 0.0696. The first-order valence-electron chi connectivity index (χ1n) is 8.20. The summed E-state index contributed by atoms with van der Waals surface area (Å²) in [5.41, 5.74) is 6.77. The average Bonchev–Trinajstić information content (AvgIpc) is 2.67. The fourth-order valence-electron chi connectivity index (χ4n) is 3.02. The summed E-state index contributed by atoms with van der Waals surface area (Å²) in [5, 5.41) is 15.1. The SMILES string of the molecule is NC(=O)c1cc(Cl)cc(Nc2nc3cc(C(=O)O)ccc3c3cnccc23)c1. The molecule has 4 rings (SSSR count). The van der Waals surface area contributed by atoms with E-state index >= 15 is 0 Å². The second kappa shape index (κ2) is 6.79. The molecule has 0 spiro atoms. The molecule has 0 radical (unpaired) electrons. The third-order valence-corrected chi connectivity index (χ3v) is 4.51. The molecule has 4 N–H and O–H groups in total. The van der Waals surface area contributed by atoms with Gasteiger partial charge in [-0.3, -0.25) is 9.78 Å².